The van der Waals surface area contributed by atoms with E-state index in [9.17, 15) is 0 Å². The predicted molar refractivity (Wildman–Crippen MR) is 168 cm³/mol. The zero-order valence-corrected chi connectivity index (χ0v) is 22.8. The van der Waals surface area contributed by atoms with Crippen LogP contribution >= 0.6 is 11.8 Å². The molecule has 0 radical (unpaired) electrons. The van der Waals surface area contributed by atoms with Crippen LogP contribution < -0.4 is 30.8 Å². The predicted octanol–water partition coefficient (Wildman–Crippen LogP) is 8.02. The molecule has 0 N–H and O–H groups in total. The van der Waals surface area contributed by atoms with Crippen LogP contribution in [-0.4, -0.2) is 6.71 Å². The van der Waals surface area contributed by atoms with Crippen molar-refractivity contribution in [3.8, 4) is 34.1 Å². The lowest BCUT2D eigenvalue weighted by atomic mass is 9.34. The van der Waals surface area contributed by atoms with Crippen molar-refractivity contribution < 1.29 is 9.47 Å². The summed E-state index contributed by atoms with van der Waals surface area (Å²) in [5.74, 6) is 3.53. The molecule has 0 amide bonds. The van der Waals surface area contributed by atoms with Gasteiger partial charge in [-0.25, -0.2) is 0 Å². The Balaban J connectivity index is 1.25. The number of ether oxygens (including phenoxy) is 2. The molecule has 3 aliphatic rings. The van der Waals surface area contributed by atoms with E-state index in [0.717, 1.165) is 51.0 Å². The fourth-order valence-electron chi connectivity index (χ4n) is 6.39. The van der Waals surface area contributed by atoms with Crippen LogP contribution in [0, 0.1) is 0 Å². The number of nitrogens with zero attached hydrogens (tertiary/aromatic N) is 1. The molecule has 3 nitrogen and oxygen atoms in total. The quantitative estimate of drug-likeness (QED) is 0.206. The van der Waals surface area contributed by atoms with Gasteiger partial charge in [0.25, 0.3) is 6.71 Å². The van der Waals surface area contributed by atoms with E-state index in [4.69, 9.17) is 9.47 Å². The highest BCUT2D eigenvalue weighted by molar-refractivity contribution is 7.99. The fourth-order valence-corrected chi connectivity index (χ4v) is 7.43. The van der Waals surface area contributed by atoms with Crippen molar-refractivity contribution in [3.63, 3.8) is 0 Å². The summed E-state index contributed by atoms with van der Waals surface area (Å²) in [4.78, 5) is 4.84. The van der Waals surface area contributed by atoms with Crippen molar-refractivity contribution in [2.24, 2.45) is 0 Å². The molecular weight excluding hydrogens is 521 g/mol. The molecule has 0 fully saturated rings. The Labute approximate surface area is 243 Å². The molecule has 5 heteroatoms. The van der Waals surface area contributed by atoms with Crippen molar-refractivity contribution in [1.29, 1.82) is 0 Å². The molecule has 3 aliphatic heterocycles. The Kier molecular flexibility index (Phi) is 4.93. The summed E-state index contributed by atoms with van der Waals surface area (Å²) >= 11 is 1.82. The molecule has 6 aromatic rings. The Hall–Kier alpha value is -4.87. The second-order valence-electron chi connectivity index (χ2n) is 10.5. The summed E-state index contributed by atoms with van der Waals surface area (Å²) in [7, 11) is 0. The van der Waals surface area contributed by atoms with Gasteiger partial charge in [-0.1, -0.05) is 84.6 Å². The smallest absolute Gasteiger partial charge is 0.260 e. The topological polar surface area (TPSA) is 21.7 Å². The lowest BCUT2D eigenvalue weighted by molar-refractivity contribution is 0.465. The van der Waals surface area contributed by atoms with Crippen LogP contribution in [0.1, 0.15) is 0 Å². The van der Waals surface area contributed by atoms with Crippen LogP contribution in [0.15, 0.2) is 143 Å². The second kappa shape index (κ2) is 8.82. The highest BCUT2D eigenvalue weighted by Gasteiger charge is 2.41. The van der Waals surface area contributed by atoms with Gasteiger partial charge in [-0.2, -0.15) is 0 Å². The summed E-state index contributed by atoms with van der Waals surface area (Å²) in [6.45, 7) is 0.0516. The third kappa shape index (κ3) is 3.42. The lowest BCUT2D eigenvalue weighted by Crippen LogP contribution is -2.57. The Bertz CT molecular complexity index is 2000. The van der Waals surface area contributed by atoms with E-state index in [1.165, 1.54) is 26.4 Å². The van der Waals surface area contributed by atoms with Gasteiger partial charge in [0.05, 0.1) is 11.4 Å². The minimum Gasteiger partial charge on any atom is -0.458 e. The number of benzene rings is 6. The van der Waals surface area contributed by atoms with E-state index in [1.807, 2.05) is 23.9 Å². The summed E-state index contributed by atoms with van der Waals surface area (Å²) in [5.41, 5.74) is 9.10. The molecule has 0 bridgehead atoms. The van der Waals surface area contributed by atoms with Crippen LogP contribution in [0.4, 0.5) is 17.1 Å². The van der Waals surface area contributed by atoms with Crippen molar-refractivity contribution in [1.82, 2.24) is 0 Å². The van der Waals surface area contributed by atoms with Gasteiger partial charge >= 0.3 is 0 Å². The monoisotopic (exact) mass is 543 g/mol. The SMILES string of the molecule is c1ccc(N2c3ccccc3Sc3ccc(-c4ccc5c6c4Oc4ccccc4B6c4ccccc4O5)cc32)cc1. The molecule has 0 aromatic heterocycles. The van der Waals surface area contributed by atoms with E-state index < -0.39 is 0 Å². The molecule has 0 saturated carbocycles. The highest BCUT2D eigenvalue weighted by atomic mass is 32.2. The first kappa shape index (κ1) is 22.9. The number of anilines is 3. The van der Waals surface area contributed by atoms with E-state index >= 15 is 0 Å². The van der Waals surface area contributed by atoms with Gasteiger partial charge in [0, 0.05) is 26.5 Å². The van der Waals surface area contributed by atoms with Gasteiger partial charge < -0.3 is 14.4 Å². The third-order valence-corrected chi connectivity index (χ3v) is 9.32. The molecule has 3 heterocycles. The van der Waals surface area contributed by atoms with Crippen LogP contribution in [0.3, 0.4) is 0 Å². The number of hydrogen-bond donors (Lipinski definition) is 0. The number of fused-ring (bicyclic) bond motifs is 6. The number of rotatable bonds is 2. The molecule has 0 unspecified atom stereocenters. The van der Waals surface area contributed by atoms with Crippen LogP contribution in [0.2, 0.25) is 0 Å². The lowest BCUT2D eigenvalue weighted by Gasteiger charge is -2.35. The van der Waals surface area contributed by atoms with E-state index in [0.29, 0.717) is 0 Å². The van der Waals surface area contributed by atoms with Gasteiger partial charge in [-0.05, 0) is 77.2 Å². The van der Waals surface area contributed by atoms with Crippen molar-refractivity contribution in [3.05, 3.63) is 133 Å². The largest absolute Gasteiger partial charge is 0.458 e. The summed E-state index contributed by atoms with van der Waals surface area (Å²) in [6, 6.07) is 47.0. The second-order valence-corrected chi connectivity index (χ2v) is 11.6. The van der Waals surface area contributed by atoms with Crippen LogP contribution in [0.5, 0.6) is 23.0 Å². The molecule has 0 saturated heterocycles. The average Bonchev–Trinajstić information content (AvgIpc) is 3.03. The zero-order valence-electron chi connectivity index (χ0n) is 22.0. The van der Waals surface area contributed by atoms with Gasteiger partial charge in [-0.3, -0.25) is 0 Å². The molecule has 0 atom stereocenters. The van der Waals surface area contributed by atoms with Crippen LogP contribution in [-0.2, 0) is 0 Å². The molecule has 192 valence electrons. The van der Waals surface area contributed by atoms with E-state index in [1.54, 1.807) is 0 Å². The summed E-state index contributed by atoms with van der Waals surface area (Å²) in [6.07, 6.45) is 0. The minimum atomic E-state index is 0.0516. The van der Waals surface area contributed by atoms with E-state index in [2.05, 4.69) is 126 Å². The van der Waals surface area contributed by atoms with E-state index in [-0.39, 0.29) is 6.71 Å². The summed E-state index contributed by atoms with van der Waals surface area (Å²) in [5, 5.41) is 0. The molecule has 9 rings (SSSR count). The van der Waals surface area contributed by atoms with Gasteiger partial charge in [-0.15, -0.1) is 0 Å². The molecule has 0 aliphatic carbocycles. The minimum absolute atomic E-state index is 0.0516. The maximum absolute atomic E-state index is 6.74. The third-order valence-electron chi connectivity index (χ3n) is 8.19. The zero-order chi connectivity index (χ0) is 26.9. The Morgan fingerprint density at radius 1 is 0.537 bits per heavy atom. The fraction of sp³-hybridized carbons (Fsp3) is 0. The van der Waals surface area contributed by atoms with Crippen LogP contribution in [0.25, 0.3) is 11.1 Å². The highest BCUT2D eigenvalue weighted by Crippen LogP contribution is 2.52. The average molecular weight is 543 g/mol. The molecular formula is C36H22BNO2S. The first-order valence-electron chi connectivity index (χ1n) is 13.8. The van der Waals surface area contributed by atoms with Crippen molar-refractivity contribution >= 4 is 51.9 Å². The molecule has 41 heavy (non-hydrogen) atoms. The standard InChI is InChI=1S/C36H22BNO2S/c1-2-10-24(11-3-1)38-28-14-6-9-17-33(28)41-34-21-18-23(22-29(34)38)25-19-20-32-35-36(25)40-31-16-8-5-13-27(31)37(35)26-12-4-7-15-30(26)39-32/h1-22H. The van der Waals surface area contributed by atoms with Crippen molar-refractivity contribution in [2.45, 2.75) is 9.79 Å². The van der Waals surface area contributed by atoms with Gasteiger partial charge in [0.2, 0.25) is 0 Å². The maximum Gasteiger partial charge on any atom is 0.260 e. The van der Waals surface area contributed by atoms with Gasteiger partial charge in [0.15, 0.2) is 0 Å². The maximum atomic E-state index is 6.74. The normalized spacial score (nSPS) is 13.6. The first-order valence-corrected chi connectivity index (χ1v) is 14.6. The first-order chi connectivity index (χ1) is 20.3. The number of hydrogen-bond acceptors (Lipinski definition) is 4. The number of para-hydroxylation sites is 4. The van der Waals surface area contributed by atoms with Crippen molar-refractivity contribution in [2.75, 3.05) is 4.90 Å². The van der Waals surface area contributed by atoms with Gasteiger partial charge in [0.1, 0.15) is 23.0 Å². The molecule has 0 spiro atoms. The summed E-state index contributed by atoms with van der Waals surface area (Å²) < 4.78 is 13.2. The Morgan fingerprint density at radius 2 is 1.22 bits per heavy atom. The Morgan fingerprint density at radius 3 is 2.05 bits per heavy atom. The molecule has 6 aromatic carbocycles.